The highest BCUT2D eigenvalue weighted by Gasteiger charge is 2.37. The average Bonchev–Trinajstić information content (AvgIpc) is 2.99. The third-order valence-electron chi connectivity index (χ3n) is 5.29. The lowest BCUT2D eigenvalue weighted by molar-refractivity contribution is -0.142. The molecule has 0 aliphatic carbocycles. The Bertz CT molecular complexity index is 972. The van der Waals surface area contributed by atoms with Gasteiger partial charge in [-0.1, -0.05) is 0 Å². The number of carboxylic acids is 1. The SMILES string of the molecule is O=C(O)C1CCCN(S(=O)(=O)N2CCc3[nH]c4ccc(F)cc4c3C2)C1. The molecule has 0 spiro atoms. The predicted octanol–water partition coefficient (Wildman–Crippen LogP) is 1.71. The van der Waals surface area contributed by atoms with Crippen LogP contribution in [0.2, 0.25) is 0 Å². The first-order chi connectivity index (χ1) is 12.4. The summed E-state index contributed by atoms with van der Waals surface area (Å²) in [5.41, 5.74) is 2.51. The maximum absolute atomic E-state index is 13.6. The molecule has 0 saturated carbocycles. The van der Waals surface area contributed by atoms with Crippen molar-refractivity contribution in [3.63, 3.8) is 0 Å². The van der Waals surface area contributed by atoms with E-state index in [9.17, 15) is 22.7 Å². The number of carboxylic acid groups (broad SMARTS) is 1. The molecule has 1 unspecified atom stereocenters. The van der Waals surface area contributed by atoms with Crippen molar-refractivity contribution in [2.24, 2.45) is 5.92 Å². The average molecular weight is 381 g/mol. The summed E-state index contributed by atoms with van der Waals surface area (Å²) in [7, 11) is -3.76. The number of aliphatic carboxylic acids is 1. The van der Waals surface area contributed by atoms with E-state index >= 15 is 0 Å². The van der Waals surface area contributed by atoms with E-state index in [2.05, 4.69) is 4.98 Å². The van der Waals surface area contributed by atoms with Gasteiger partial charge >= 0.3 is 5.97 Å². The number of halogens is 1. The summed E-state index contributed by atoms with van der Waals surface area (Å²) in [5.74, 6) is -1.99. The molecule has 9 heteroatoms. The predicted molar refractivity (Wildman–Crippen MR) is 93.2 cm³/mol. The lowest BCUT2D eigenvalue weighted by atomic mass is 10.0. The molecule has 1 aromatic heterocycles. The van der Waals surface area contributed by atoms with Crippen molar-refractivity contribution in [1.29, 1.82) is 0 Å². The highest BCUT2D eigenvalue weighted by atomic mass is 32.2. The van der Waals surface area contributed by atoms with Crippen LogP contribution in [0.5, 0.6) is 0 Å². The summed E-state index contributed by atoms with van der Waals surface area (Å²) < 4.78 is 42.3. The van der Waals surface area contributed by atoms with Gasteiger partial charge in [0.2, 0.25) is 0 Å². The van der Waals surface area contributed by atoms with Crippen molar-refractivity contribution >= 4 is 27.1 Å². The van der Waals surface area contributed by atoms with E-state index in [0.29, 0.717) is 37.7 Å². The summed E-state index contributed by atoms with van der Waals surface area (Å²) in [4.78, 5) is 14.5. The van der Waals surface area contributed by atoms with Gasteiger partial charge in [0, 0.05) is 49.2 Å². The van der Waals surface area contributed by atoms with Crippen LogP contribution in [-0.2, 0) is 28.0 Å². The van der Waals surface area contributed by atoms with Gasteiger partial charge in [0.15, 0.2) is 0 Å². The number of aromatic amines is 1. The van der Waals surface area contributed by atoms with Crippen LogP contribution in [0.1, 0.15) is 24.1 Å². The maximum atomic E-state index is 13.6. The number of nitrogens with one attached hydrogen (secondary N) is 1. The first-order valence-electron chi connectivity index (χ1n) is 8.63. The van der Waals surface area contributed by atoms with E-state index in [1.165, 1.54) is 20.7 Å². The normalized spacial score (nSPS) is 22.4. The Morgan fingerprint density at radius 2 is 2.08 bits per heavy atom. The lowest BCUT2D eigenvalue weighted by Crippen LogP contribution is -2.50. The number of piperidine rings is 1. The number of H-pyrrole nitrogens is 1. The van der Waals surface area contributed by atoms with E-state index in [-0.39, 0.29) is 18.9 Å². The first-order valence-corrected chi connectivity index (χ1v) is 10.0. The van der Waals surface area contributed by atoms with Gasteiger partial charge in [-0.25, -0.2) is 4.39 Å². The van der Waals surface area contributed by atoms with E-state index in [4.69, 9.17) is 0 Å². The largest absolute Gasteiger partial charge is 0.481 e. The minimum absolute atomic E-state index is 0.00351. The zero-order valence-corrected chi connectivity index (χ0v) is 14.9. The van der Waals surface area contributed by atoms with E-state index in [1.54, 1.807) is 6.07 Å². The van der Waals surface area contributed by atoms with Gasteiger partial charge in [0.05, 0.1) is 5.92 Å². The summed E-state index contributed by atoms with van der Waals surface area (Å²) in [6.07, 6.45) is 1.54. The fraction of sp³-hybridized carbons (Fsp3) is 0.471. The van der Waals surface area contributed by atoms with Crippen LogP contribution < -0.4 is 0 Å². The number of rotatable bonds is 3. The van der Waals surface area contributed by atoms with E-state index in [0.717, 1.165) is 16.8 Å². The van der Waals surface area contributed by atoms with Crippen molar-refractivity contribution in [3.8, 4) is 0 Å². The highest BCUT2D eigenvalue weighted by Crippen LogP contribution is 2.31. The summed E-state index contributed by atoms with van der Waals surface area (Å²) in [6.45, 7) is 0.815. The van der Waals surface area contributed by atoms with Gasteiger partial charge in [0.25, 0.3) is 10.2 Å². The molecule has 26 heavy (non-hydrogen) atoms. The number of hydrogen-bond donors (Lipinski definition) is 2. The van der Waals surface area contributed by atoms with Gasteiger partial charge in [-0.2, -0.15) is 17.0 Å². The van der Waals surface area contributed by atoms with Crippen LogP contribution in [0, 0.1) is 11.7 Å². The minimum atomic E-state index is -3.76. The van der Waals surface area contributed by atoms with Crippen LogP contribution >= 0.6 is 0 Å². The first kappa shape index (κ1) is 17.4. The molecule has 2 aliphatic rings. The lowest BCUT2D eigenvalue weighted by Gasteiger charge is -2.35. The summed E-state index contributed by atoms with van der Waals surface area (Å²) in [6, 6.07) is 4.45. The molecule has 1 atom stereocenters. The monoisotopic (exact) mass is 381 g/mol. The van der Waals surface area contributed by atoms with Crippen LogP contribution in [-0.4, -0.2) is 52.7 Å². The molecule has 0 bridgehead atoms. The van der Waals surface area contributed by atoms with Gasteiger partial charge < -0.3 is 10.1 Å². The highest BCUT2D eigenvalue weighted by molar-refractivity contribution is 7.86. The second-order valence-corrected chi connectivity index (χ2v) is 8.83. The van der Waals surface area contributed by atoms with Gasteiger partial charge in [-0.15, -0.1) is 0 Å². The second-order valence-electron chi connectivity index (χ2n) is 6.90. The van der Waals surface area contributed by atoms with Gasteiger partial charge in [-0.3, -0.25) is 4.79 Å². The number of benzene rings is 1. The summed E-state index contributed by atoms with van der Waals surface area (Å²) >= 11 is 0. The smallest absolute Gasteiger partial charge is 0.307 e. The molecule has 4 rings (SSSR count). The third-order valence-corrected chi connectivity index (χ3v) is 7.24. The molecule has 7 nitrogen and oxygen atoms in total. The second kappa shape index (κ2) is 6.33. The van der Waals surface area contributed by atoms with E-state index in [1.807, 2.05) is 0 Å². The molecule has 2 aliphatic heterocycles. The topological polar surface area (TPSA) is 93.7 Å². The van der Waals surface area contributed by atoms with Gasteiger partial charge in [-0.05, 0) is 36.6 Å². The summed E-state index contributed by atoms with van der Waals surface area (Å²) in [5, 5.41) is 9.90. The van der Waals surface area contributed by atoms with Crippen LogP contribution in [0.3, 0.4) is 0 Å². The third kappa shape index (κ3) is 2.89. The molecule has 0 amide bonds. The number of fused-ring (bicyclic) bond motifs is 3. The maximum Gasteiger partial charge on any atom is 0.307 e. The standard InChI is InChI=1S/C17H20FN3O4S/c18-12-3-4-15-13(8-12)14-10-21(7-5-16(14)19-15)26(24,25)20-6-1-2-11(9-20)17(22)23/h3-4,8,11,19H,1-2,5-7,9-10H2,(H,22,23). The molecule has 1 fully saturated rings. The minimum Gasteiger partial charge on any atom is -0.481 e. The fourth-order valence-corrected chi connectivity index (χ4v) is 5.54. The molecule has 2 N–H and O–H groups in total. The molecule has 2 aromatic rings. The number of nitrogens with zero attached hydrogens (tertiary/aromatic N) is 2. The molecule has 140 valence electrons. The number of aromatic nitrogens is 1. The fourth-order valence-electron chi connectivity index (χ4n) is 3.88. The number of carbonyl (C=O) groups is 1. The van der Waals surface area contributed by atoms with Crippen LogP contribution in [0.15, 0.2) is 18.2 Å². The molecule has 0 radical (unpaired) electrons. The molecular formula is C17H20FN3O4S. The quantitative estimate of drug-likeness (QED) is 0.846. The zero-order valence-electron chi connectivity index (χ0n) is 14.1. The van der Waals surface area contributed by atoms with E-state index < -0.39 is 22.1 Å². The van der Waals surface area contributed by atoms with Crippen molar-refractivity contribution in [2.75, 3.05) is 19.6 Å². The van der Waals surface area contributed by atoms with Crippen molar-refractivity contribution in [1.82, 2.24) is 13.6 Å². The molecule has 1 saturated heterocycles. The number of hydrogen-bond acceptors (Lipinski definition) is 3. The van der Waals surface area contributed by atoms with Crippen LogP contribution in [0.25, 0.3) is 10.9 Å². The Morgan fingerprint density at radius 1 is 1.27 bits per heavy atom. The molecule has 1 aromatic carbocycles. The Kier molecular flexibility index (Phi) is 4.25. The van der Waals surface area contributed by atoms with Crippen molar-refractivity contribution in [2.45, 2.75) is 25.8 Å². The van der Waals surface area contributed by atoms with Crippen molar-refractivity contribution in [3.05, 3.63) is 35.3 Å². The molecule has 3 heterocycles. The Balaban J connectivity index is 1.62. The Morgan fingerprint density at radius 3 is 2.85 bits per heavy atom. The van der Waals surface area contributed by atoms with Crippen molar-refractivity contribution < 1.29 is 22.7 Å². The zero-order chi connectivity index (χ0) is 18.5. The molecular weight excluding hydrogens is 361 g/mol. The Hall–Kier alpha value is -1.97. The Labute approximate surface area is 150 Å². The van der Waals surface area contributed by atoms with Crippen LogP contribution in [0.4, 0.5) is 4.39 Å². The van der Waals surface area contributed by atoms with Gasteiger partial charge in [0.1, 0.15) is 5.82 Å².